The molecule has 2 aromatic carbocycles. The van der Waals surface area contributed by atoms with Crippen LogP contribution in [0.15, 0.2) is 36.4 Å². The van der Waals surface area contributed by atoms with Crippen molar-refractivity contribution in [3.05, 3.63) is 42.0 Å². The van der Waals surface area contributed by atoms with Crippen molar-refractivity contribution in [3.63, 3.8) is 0 Å². The van der Waals surface area contributed by atoms with Crippen LogP contribution in [0.4, 0.5) is 0 Å². The Labute approximate surface area is 88.3 Å². The largest absolute Gasteiger partial charge is 0.497 e. The van der Waals surface area contributed by atoms with Gasteiger partial charge in [0.2, 0.25) is 0 Å². The monoisotopic (exact) mass is 203 g/mol. The Morgan fingerprint density at radius 3 is 2.60 bits per heavy atom. The summed E-state index contributed by atoms with van der Waals surface area (Å²) in [5.74, 6) is 0.857. The van der Waals surface area contributed by atoms with E-state index in [-0.39, 0.29) is 0 Å². The summed E-state index contributed by atoms with van der Waals surface area (Å²) in [6.07, 6.45) is 0. The molecular weight excluding hydrogens is 190 g/mol. The fourth-order valence-corrected chi connectivity index (χ4v) is 1.60. The maximum atomic E-state index is 8.60. The van der Waals surface area contributed by atoms with Gasteiger partial charge in [-0.1, -0.05) is 18.2 Å². The van der Waals surface area contributed by atoms with Gasteiger partial charge in [0.05, 0.1) is 7.11 Å². The van der Waals surface area contributed by atoms with Gasteiger partial charge in [0.15, 0.2) is 0 Å². The van der Waals surface area contributed by atoms with Crippen LogP contribution in [-0.2, 0) is 6.54 Å². The Balaban J connectivity index is 2.45. The van der Waals surface area contributed by atoms with Gasteiger partial charge in [-0.05, 0) is 34.5 Å². The smallest absolute Gasteiger partial charge is 0.119 e. The molecule has 0 spiro atoms. The average molecular weight is 203 g/mol. The Kier molecular flexibility index (Phi) is 2.85. The molecule has 0 aliphatic carbocycles. The third kappa shape index (κ3) is 2.09. The molecule has 0 atom stereocenters. The molecule has 0 heterocycles. The second-order valence-corrected chi connectivity index (χ2v) is 3.38. The SMILES string of the molecule is COc1ccc2cc(CNO)ccc2c1. The van der Waals surface area contributed by atoms with Gasteiger partial charge in [0.1, 0.15) is 5.75 Å². The van der Waals surface area contributed by atoms with Crippen LogP contribution in [0.2, 0.25) is 0 Å². The first-order valence-corrected chi connectivity index (χ1v) is 4.77. The van der Waals surface area contributed by atoms with Gasteiger partial charge in [0, 0.05) is 6.54 Å². The summed E-state index contributed by atoms with van der Waals surface area (Å²) >= 11 is 0. The molecule has 0 saturated heterocycles. The van der Waals surface area contributed by atoms with E-state index in [2.05, 4.69) is 5.48 Å². The third-order valence-corrected chi connectivity index (χ3v) is 2.40. The molecule has 0 aliphatic rings. The summed E-state index contributed by atoms with van der Waals surface area (Å²) in [4.78, 5) is 0. The molecule has 0 unspecified atom stereocenters. The third-order valence-electron chi connectivity index (χ3n) is 2.40. The van der Waals surface area contributed by atoms with Crippen LogP contribution < -0.4 is 10.2 Å². The van der Waals surface area contributed by atoms with Crippen molar-refractivity contribution in [3.8, 4) is 5.75 Å². The van der Waals surface area contributed by atoms with Crippen molar-refractivity contribution in [2.24, 2.45) is 0 Å². The lowest BCUT2D eigenvalue weighted by Gasteiger charge is -2.04. The van der Waals surface area contributed by atoms with Crippen LogP contribution in [0, 0.1) is 0 Å². The van der Waals surface area contributed by atoms with Gasteiger partial charge in [-0.3, -0.25) is 0 Å². The van der Waals surface area contributed by atoms with E-state index in [0.29, 0.717) is 6.54 Å². The van der Waals surface area contributed by atoms with E-state index in [1.165, 1.54) is 0 Å². The topological polar surface area (TPSA) is 41.5 Å². The molecule has 2 rings (SSSR count). The highest BCUT2D eigenvalue weighted by atomic mass is 16.5. The summed E-state index contributed by atoms with van der Waals surface area (Å²) < 4.78 is 5.15. The van der Waals surface area contributed by atoms with Crippen molar-refractivity contribution < 1.29 is 9.94 Å². The van der Waals surface area contributed by atoms with Gasteiger partial charge in [-0.25, -0.2) is 5.48 Å². The first-order chi connectivity index (χ1) is 7.33. The Bertz CT molecular complexity index is 468. The minimum absolute atomic E-state index is 0.460. The van der Waals surface area contributed by atoms with Crippen LogP contribution in [0.25, 0.3) is 10.8 Å². The minimum Gasteiger partial charge on any atom is -0.497 e. The molecule has 0 radical (unpaired) electrons. The molecular formula is C12H13NO2. The maximum absolute atomic E-state index is 8.60. The molecule has 0 saturated carbocycles. The highest BCUT2D eigenvalue weighted by Gasteiger charge is 1.98. The highest BCUT2D eigenvalue weighted by molar-refractivity contribution is 5.84. The zero-order valence-corrected chi connectivity index (χ0v) is 8.53. The Hall–Kier alpha value is -1.58. The fraction of sp³-hybridized carbons (Fsp3) is 0.167. The van der Waals surface area contributed by atoms with Gasteiger partial charge in [0.25, 0.3) is 0 Å². The molecule has 78 valence electrons. The van der Waals surface area contributed by atoms with Crippen molar-refractivity contribution in [2.75, 3.05) is 7.11 Å². The molecule has 3 nitrogen and oxygen atoms in total. The molecule has 3 heteroatoms. The normalized spacial score (nSPS) is 10.5. The number of ether oxygens (including phenoxy) is 1. The van der Waals surface area contributed by atoms with Gasteiger partial charge < -0.3 is 9.94 Å². The molecule has 0 fully saturated rings. The van der Waals surface area contributed by atoms with E-state index in [0.717, 1.165) is 22.1 Å². The molecule has 15 heavy (non-hydrogen) atoms. The first-order valence-electron chi connectivity index (χ1n) is 4.77. The number of benzene rings is 2. The van der Waals surface area contributed by atoms with Crippen molar-refractivity contribution >= 4 is 10.8 Å². The van der Waals surface area contributed by atoms with Gasteiger partial charge in [-0.15, -0.1) is 0 Å². The molecule has 0 bridgehead atoms. The molecule has 2 N–H and O–H groups in total. The van der Waals surface area contributed by atoms with Crippen LogP contribution in [0.1, 0.15) is 5.56 Å². The van der Waals surface area contributed by atoms with Crippen molar-refractivity contribution in [2.45, 2.75) is 6.54 Å². The molecule has 0 amide bonds. The first kappa shape index (κ1) is 9.96. The second kappa shape index (κ2) is 4.29. The van der Waals surface area contributed by atoms with E-state index in [9.17, 15) is 0 Å². The number of methoxy groups -OCH3 is 1. The lowest BCUT2D eigenvalue weighted by Crippen LogP contribution is -2.05. The number of fused-ring (bicyclic) bond motifs is 1. The van der Waals surface area contributed by atoms with Crippen molar-refractivity contribution in [1.29, 1.82) is 0 Å². The quantitative estimate of drug-likeness (QED) is 0.752. The number of hydrogen-bond donors (Lipinski definition) is 2. The van der Waals surface area contributed by atoms with E-state index in [4.69, 9.17) is 9.94 Å². The minimum atomic E-state index is 0.460. The standard InChI is InChI=1S/C12H13NO2/c1-15-12-5-4-10-6-9(8-13-14)2-3-11(10)7-12/h2-7,13-14H,8H2,1H3. The van der Waals surface area contributed by atoms with Crippen molar-refractivity contribution in [1.82, 2.24) is 5.48 Å². The van der Waals surface area contributed by atoms with Gasteiger partial charge >= 0.3 is 0 Å². The Morgan fingerprint density at radius 1 is 1.13 bits per heavy atom. The summed E-state index contributed by atoms with van der Waals surface area (Å²) in [7, 11) is 1.66. The fourth-order valence-electron chi connectivity index (χ4n) is 1.60. The summed E-state index contributed by atoms with van der Waals surface area (Å²) in [5, 5.41) is 10.9. The van der Waals surface area contributed by atoms with E-state index >= 15 is 0 Å². The van der Waals surface area contributed by atoms with E-state index < -0.39 is 0 Å². The number of rotatable bonds is 3. The van der Waals surface area contributed by atoms with Crippen LogP contribution >= 0.6 is 0 Å². The van der Waals surface area contributed by atoms with Gasteiger partial charge in [-0.2, -0.15) is 0 Å². The van der Waals surface area contributed by atoms with Crippen LogP contribution in [0.3, 0.4) is 0 Å². The summed E-state index contributed by atoms with van der Waals surface area (Å²) in [6.45, 7) is 0.460. The lowest BCUT2D eigenvalue weighted by molar-refractivity contribution is 0.161. The predicted octanol–water partition coefficient (Wildman–Crippen LogP) is 2.33. The molecule has 2 aromatic rings. The van der Waals surface area contributed by atoms with Crippen LogP contribution in [-0.4, -0.2) is 12.3 Å². The number of nitrogens with one attached hydrogen (secondary N) is 1. The zero-order valence-electron chi connectivity index (χ0n) is 8.53. The second-order valence-electron chi connectivity index (χ2n) is 3.38. The van der Waals surface area contributed by atoms with Crippen LogP contribution in [0.5, 0.6) is 5.75 Å². The number of hydroxylamine groups is 1. The highest BCUT2D eigenvalue weighted by Crippen LogP contribution is 2.21. The number of hydrogen-bond acceptors (Lipinski definition) is 3. The predicted molar refractivity (Wildman–Crippen MR) is 59.1 cm³/mol. The summed E-state index contributed by atoms with van der Waals surface area (Å²) in [5.41, 5.74) is 3.20. The molecule has 0 aliphatic heterocycles. The summed E-state index contributed by atoms with van der Waals surface area (Å²) in [6, 6.07) is 12.0. The van der Waals surface area contributed by atoms with E-state index in [1.54, 1.807) is 7.11 Å². The molecule has 0 aromatic heterocycles. The Morgan fingerprint density at radius 2 is 1.87 bits per heavy atom. The lowest BCUT2D eigenvalue weighted by atomic mass is 10.1. The zero-order chi connectivity index (χ0) is 10.7. The van der Waals surface area contributed by atoms with E-state index in [1.807, 2.05) is 36.4 Å². The maximum Gasteiger partial charge on any atom is 0.119 e. The average Bonchev–Trinajstić information content (AvgIpc) is 2.29.